The van der Waals surface area contributed by atoms with E-state index in [0.717, 1.165) is 12.0 Å². The summed E-state index contributed by atoms with van der Waals surface area (Å²) in [5, 5.41) is 11.4. The molecule has 0 atom stereocenters. The van der Waals surface area contributed by atoms with Crippen molar-refractivity contribution in [2.45, 2.75) is 6.42 Å². The summed E-state index contributed by atoms with van der Waals surface area (Å²) in [7, 11) is 1.56. The van der Waals surface area contributed by atoms with Crippen LogP contribution in [-0.2, 0) is 6.42 Å². The molecule has 16 heavy (non-hydrogen) atoms. The maximum Gasteiger partial charge on any atom is 0.335 e. The lowest BCUT2D eigenvalue weighted by Gasteiger charge is -2.16. The first kappa shape index (κ1) is 10.5. The van der Waals surface area contributed by atoms with E-state index in [1.807, 2.05) is 0 Å². The number of aromatic carboxylic acids is 1. The van der Waals surface area contributed by atoms with Gasteiger partial charge in [0.1, 0.15) is 0 Å². The Labute approximate surface area is 92.7 Å². The quantitative estimate of drug-likeness (QED) is 0.744. The normalized spacial score (nSPS) is 13.4. The Morgan fingerprint density at radius 2 is 2.19 bits per heavy atom. The molecule has 0 radical (unpaired) electrons. The highest BCUT2D eigenvalue weighted by molar-refractivity contribution is 5.96. The van der Waals surface area contributed by atoms with E-state index in [1.54, 1.807) is 30.1 Å². The summed E-state index contributed by atoms with van der Waals surface area (Å²) < 4.78 is 0. The third-order valence-corrected chi connectivity index (χ3v) is 2.69. The van der Waals surface area contributed by atoms with Gasteiger partial charge in [0.25, 0.3) is 0 Å². The zero-order valence-corrected chi connectivity index (χ0v) is 8.86. The molecule has 0 spiro atoms. The van der Waals surface area contributed by atoms with Crippen LogP contribution in [0, 0.1) is 0 Å². The molecule has 1 aliphatic heterocycles. The third kappa shape index (κ3) is 1.60. The zero-order valence-electron chi connectivity index (χ0n) is 8.86. The minimum atomic E-state index is -0.980. The van der Waals surface area contributed by atoms with E-state index in [1.165, 1.54) is 0 Å². The summed E-state index contributed by atoms with van der Waals surface area (Å²) in [5.41, 5.74) is 1.91. The summed E-state index contributed by atoms with van der Waals surface area (Å²) in [6.07, 6.45) is 0.767. The lowest BCUT2D eigenvalue weighted by molar-refractivity contribution is 0.0697. The van der Waals surface area contributed by atoms with E-state index in [9.17, 15) is 9.59 Å². The number of urea groups is 1. The number of hydrogen-bond acceptors (Lipinski definition) is 2. The number of carboxylic acids is 1. The van der Waals surface area contributed by atoms with Crippen LogP contribution < -0.4 is 10.2 Å². The third-order valence-electron chi connectivity index (χ3n) is 2.69. The Balaban J connectivity index is 2.40. The molecule has 0 aliphatic carbocycles. The van der Waals surface area contributed by atoms with Gasteiger partial charge in [0, 0.05) is 19.3 Å². The van der Waals surface area contributed by atoms with Gasteiger partial charge in [-0.3, -0.25) is 4.90 Å². The van der Waals surface area contributed by atoms with Gasteiger partial charge in [-0.2, -0.15) is 0 Å². The van der Waals surface area contributed by atoms with Gasteiger partial charge in [0.2, 0.25) is 0 Å². The summed E-state index contributed by atoms with van der Waals surface area (Å²) >= 11 is 0. The first-order valence-corrected chi connectivity index (χ1v) is 4.99. The van der Waals surface area contributed by atoms with Crippen LogP contribution in [0.25, 0.3) is 0 Å². The first-order valence-electron chi connectivity index (χ1n) is 4.99. The zero-order chi connectivity index (χ0) is 11.7. The molecule has 2 N–H and O–H groups in total. The number of rotatable bonds is 1. The van der Waals surface area contributed by atoms with Crippen molar-refractivity contribution in [3.05, 3.63) is 29.3 Å². The molecule has 1 aliphatic rings. The summed E-state index contributed by atoms with van der Waals surface area (Å²) in [6, 6.07) is 4.66. The van der Waals surface area contributed by atoms with Gasteiger partial charge in [-0.25, -0.2) is 9.59 Å². The number of hydrogen-bond donors (Lipinski definition) is 2. The highest BCUT2D eigenvalue weighted by Gasteiger charge is 2.24. The van der Waals surface area contributed by atoms with Crippen molar-refractivity contribution in [1.29, 1.82) is 0 Å². The Kier molecular flexibility index (Phi) is 2.52. The van der Waals surface area contributed by atoms with Crippen LogP contribution in [0.5, 0.6) is 0 Å². The fourth-order valence-electron chi connectivity index (χ4n) is 1.86. The SMILES string of the molecule is CNC(=O)N1CCc2ccc(C(=O)O)cc21. The van der Waals surface area contributed by atoms with E-state index >= 15 is 0 Å². The maximum atomic E-state index is 11.5. The Bertz CT molecular complexity index is 457. The van der Waals surface area contributed by atoms with Crippen molar-refractivity contribution < 1.29 is 14.7 Å². The molecule has 2 amide bonds. The highest BCUT2D eigenvalue weighted by Crippen LogP contribution is 2.28. The largest absolute Gasteiger partial charge is 0.478 e. The number of carbonyl (C=O) groups is 2. The molecule has 0 unspecified atom stereocenters. The summed E-state index contributed by atoms with van der Waals surface area (Å²) in [4.78, 5) is 23.9. The number of benzene rings is 1. The van der Waals surface area contributed by atoms with Crippen LogP contribution in [0.2, 0.25) is 0 Å². The van der Waals surface area contributed by atoms with Crippen LogP contribution in [-0.4, -0.2) is 30.7 Å². The van der Waals surface area contributed by atoms with E-state index < -0.39 is 5.97 Å². The molecule has 5 heteroatoms. The molecule has 2 rings (SSSR count). The molecule has 5 nitrogen and oxygen atoms in total. The van der Waals surface area contributed by atoms with Gasteiger partial charge in [-0.05, 0) is 24.1 Å². The van der Waals surface area contributed by atoms with Crippen molar-refractivity contribution >= 4 is 17.7 Å². The molecule has 0 saturated heterocycles. The Morgan fingerprint density at radius 3 is 2.81 bits per heavy atom. The lowest BCUT2D eigenvalue weighted by Crippen LogP contribution is -2.36. The van der Waals surface area contributed by atoms with E-state index in [0.29, 0.717) is 12.2 Å². The molecular weight excluding hydrogens is 208 g/mol. The first-order chi connectivity index (χ1) is 7.63. The minimum Gasteiger partial charge on any atom is -0.478 e. The minimum absolute atomic E-state index is 0.203. The second-order valence-corrected chi connectivity index (χ2v) is 3.61. The second kappa shape index (κ2) is 3.84. The van der Waals surface area contributed by atoms with Crippen LogP contribution in [0.1, 0.15) is 15.9 Å². The molecule has 0 aromatic heterocycles. The number of nitrogens with zero attached hydrogens (tertiary/aromatic N) is 1. The molecule has 1 aromatic carbocycles. The summed E-state index contributed by atoms with van der Waals surface area (Å²) in [6.45, 7) is 0.595. The van der Waals surface area contributed by atoms with Gasteiger partial charge < -0.3 is 10.4 Å². The number of carbonyl (C=O) groups excluding carboxylic acids is 1. The van der Waals surface area contributed by atoms with Crippen molar-refractivity contribution in [2.75, 3.05) is 18.5 Å². The van der Waals surface area contributed by atoms with E-state index in [4.69, 9.17) is 5.11 Å². The highest BCUT2D eigenvalue weighted by atomic mass is 16.4. The van der Waals surface area contributed by atoms with Crippen LogP contribution in [0.4, 0.5) is 10.5 Å². The van der Waals surface area contributed by atoms with Crippen LogP contribution in [0.3, 0.4) is 0 Å². The average molecular weight is 220 g/mol. The Morgan fingerprint density at radius 1 is 1.44 bits per heavy atom. The van der Waals surface area contributed by atoms with Gasteiger partial charge in [-0.15, -0.1) is 0 Å². The second-order valence-electron chi connectivity index (χ2n) is 3.61. The van der Waals surface area contributed by atoms with Crippen LogP contribution in [0.15, 0.2) is 18.2 Å². The molecule has 1 heterocycles. The topological polar surface area (TPSA) is 69.6 Å². The van der Waals surface area contributed by atoms with Crippen molar-refractivity contribution in [1.82, 2.24) is 5.32 Å². The maximum absolute atomic E-state index is 11.5. The molecule has 0 bridgehead atoms. The fourth-order valence-corrected chi connectivity index (χ4v) is 1.86. The van der Waals surface area contributed by atoms with Gasteiger partial charge in [-0.1, -0.05) is 6.07 Å². The predicted molar refractivity (Wildman–Crippen MR) is 58.9 cm³/mol. The van der Waals surface area contributed by atoms with Gasteiger partial charge >= 0.3 is 12.0 Å². The number of amides is 2. The number of nitrogens with one attached hydrogen (secondary N) is 1. The molecule has 84 valence electrons. The van der Waals surface area contributed by atoms with Gasteiger partial charge in [0.05, 0.1) is 5.56 Å². The van der Waals surface area contributed by atoms with Crippen molar-refractivity contribution in [3.63, 3.8) is 0 Å². The number of fused-ring (bicyclic) bond motifs is 1. The fraction of sp³-hybridized carbons (Fsp3) is 0.273. The molecule has 1 aromatic rings. The number of anilines is 1. The number of carboxylic acid groups (broad SMARTS) is 1. The van der Waals surface area contributed by atoms with Gasteiger partial charge in [0.15, 0.2) is 0 Å². The molecule has 0 saturated carbocycles. The van der Waals surface area contributed by atoms with Crippen LogP contribution >= 0.6 is 0 Å². The van der Waals surface area contributed by atoms with E-state index in [-0.39, 0.29) is 11.6 Å². The summed E-state index contributed by atoms with van der Waals surface area (Å²) in [5.74, 6) is -0.980. The van der Waals surface area contributed by atoms with Crippen molar-refractivity contribution in [3.8, 4) is 0 Å². The molecular formula is C11H12N2O3. The smallest absolute Gasteiger partial charge is 0.335 e. The average Bonchev–Trinajstić information content (AvgIpc) is 2.70. The van der Waals surface area contributed by atoms with Crippen molar-refractivity contribution in [2.24, 2.45) is 0 Å². The monoisotopic (exact) mass is 220 g/mol. The Hall–Kier alpha value is -2.04. The van der Waals surface area contributed by atoms with E-state index in [2.05, 4.69) is 5.32 Å². The lowest BCUT2D eigenvalue weighted by atomic mass is 10.1. The predicted octanol–water partition coefficient (Wildman–Crippen LogP) is 1.09. The molecule has 0 fully saturated rings. The standard InChI is InChI=1S/C11H12N2O3/c1-12-11(16)13-5-4-7-2-3-8(10(14)15)6-9(7)13/h2-3,6H,4-5H2,1H3,(H,12,16)(H,14,15).